The van der Waals surface area contributed by atoms with Crippen LogP contribution in [0.15, 0.2) is 57.5 Å². The normalized spacial score (nSPS) is 14.9. The van der Waals surface area contributed by atoms with Crippen molar-refractivity contribution in [3.05, 3.63) is 68.6 Å². The van der Waals surface area contributed by atoms with Gasteiger partial charge in [-0.3, -0.25) is 0 Å². The standard InChI is InChI=1S/C14H9Br2F3O/c15-10-5-3-4-9(8-10)13(20,14(17,18)19)11-6-1-2-7-12(11)16/h1-8,20H. The molecule has 0 fully saturated rings. The maximum absolute atomic E-state index is 13.5. The molecule has 0 aliphatic heterocycles. The summed E-state index contributed by atoms with van der Waals surface area (Å²) in [5.74, 6) is 0. The summed E-state index contributed by atoms with van der Waals surface area (Å²) >= 11 is 6.19. The van der Waals surface area contributed by atoms with Gasteiger partial charge in [0.25, 0.3) is 0 Å². The van der Waals surface area contributed by atoms with Gasteiger partial charge in [-0.2, -0.15) is 13.2 Å². The van der Waals surface area contributed by atoms with Crippen LogP contribution in [0.2, 0.25) is 0 Å². The molecule has 0 bridgehead atoms. The number of rotatable bonds is 2. The molecular weight excluding hydrogens is 401 g/mol. The monoisotopic (exact) mass is 408 g/mol. The summed E-state index contributed by atoms with van der Waals surface area (Å²) in [6.45, 7) is 0. The highest BCUT2D eigenvalue weighted by atomic mass is 79.9. The summed E-state index contributed by atoms with van der Waals surface area (Å²) in [6, 6.07) is 11.3. The molecule has 0 radical (unpaired) electrons. The van der Waals surface area contributed by atoms with Crippen molar-refractivity contribution in [3.8, 4) is 0 Å². The lowest BCUT2D eigenvalue weighted by Gasteiger charge is -2.32. The fraction of sp³-hybridized carbons (Fsp3) is 0.143. The first-order valence-electron chi connectivity index (χ1n) is 5.57. The first kappa shape index (κ1) is 15.5. The lowest BCUT2D eigenvalue weighted by molar-refractivity contribution is -0.248. The van der Waals surface area contributed by atoms with Gasteiger partial charge in [0.05, 0.1) is 0 Å². The van der Waals surface area contributed by atoms with E-state index in [4.69, 9.17) is 0 Å². The van der Waals surface area contributed by atoms with Crippen LogP contribution >= 0.6 is 31.9 Å². The predicted octanol–water partition coefficient (Wildman–Crippen LogP) is 5.01. The highest BCUT2D eigenvalue weighted by Gasteiger charge is 2.57. The Kier molecular flexibility index (Phi) is 4.27. The molecule has 1 N–H and O–H groups in total. The summed E-state index contributed by atoms with van der Waals surface area (Å²) in [6.07, 6.45) is -4.85. The largest absolute Gasteiger partial charge is 0.425 e. The van der Waals surface area contributed by atoms with Crippen LogP contribution in [-0.4, -0.2) is 11.3 Å². The zero-order valence-electron chi connectivity index (χ0n) is 9.96. The molecule has 0 amide bonds. The van der Waals surface area contributed by atoms with Gasteiger partial charge < -0.3 is 5.11 Å². The Hall–Kier alpha value is -0.850. The van der Waals surface area contributed by atoms with Gasteiger partial charge in [0.1, 0.15) is 0 Å². The topological polar surface area (TPSA) is 20.2 Å². The molecule has 0 aromatic heterocycles. The molecule has 1 atom stereocenters. The van der Waals surface area contributed by atoms with E-state index in [-0.39, 0.29) is 15.6 Å². The average Bonchev–Trinajstić information content (AvgIpc) is 2.37. The molecule has 0 heterocycles. The summed E-state index contributed by atoms with van der Waals surface area (Å²) in [4.78, 5) is 0. The predicted molar refractivity (Wildman–Crippen MR) is 77.3 cm³/mol. The van der Waals surface area contributed by atoms with Crippen LogP contribution in [0.1, 0.15) is 11.1 Å². The van der Waals surface area contributed by atoms with Gasteiger partial charge in [-0.05, 0) is 23.8 Å². The van der Waals surface area contributed by atoms with Crippen molar-refractivity contribution in [2.45, 2.75) is 11.8 Å². The molecule has 2 aromatic rings. The van der Waals surface area contributed by atoms with Crippen molar-refractivity contribution in [2.24, 2.45) is 0 Å². The van der Waals surface area contributed by atoms with Crippen molar-refractivity contribution in [1.29, 1.82) is 0 Å². The van der Waals surface area contributed by atoms with E-state index in [1.165, 1.54) is 36.4 Å². The second-order valence-corrected chi connectivity index (χ2v) is 5.97. The molecule has 1 unspecified atom stereocenters. The molecule has 0 saturated heterocycles. The maximum Gasteiger partial charge on any atom is 0.425 e. The summed E-state index contributed by atoms with van der Waals surface area (Å²) in [7, 11) is 0. The molecule has 0 saturated carbocycles. The Bertz CT molecular complexity index is 628. The zero-order valence-corrected chi connectivity index (χ0v) is 13.1. The van der Waals surface area contributed by atoms with E-state index in [1.807, 2.05) is 0 Å². The first-order chi connectivity index (χ1) is 9.26. The molecular formula is C14H9Br2F3O. The lowest BCUT2D eigenvalue weighted by Crippen LogP contribution is -2.43. The quantitative estimate of drug-likeness (QED) is 0.739. The van der Waals surface area contributed by atoms with E-state index in [2.05, 4.69) is 31.9 Å². The Morgan fingerprint density at radius 1 is 0.900 bits per heavy atom. The van der Waals surface area contributed by atoms with Gasteiger partial charge in [-0.1, -0.05) is 62.2 Å². The van der Waals surface area contributed by atoms with Crippen molar-refractivity contribution < 1.29 is 18.3 Å². The Labute approximate surface area is 130 Å². The highest BCUT2D eigenvalue weighted by Crippen LogP contribution is 2.46. The first-order valence-corrected chi connectivity index (χ1v) is 7.15. The second-order valence-electron chi connectivity index (χ2n) is 4.20. The highest BCUT2D eigenvalue weighted by molar-refractivity contribution is 9.10. The molecule has 0 aliphatic carbocycles. The van der Waals surface area contributed by atoms with E-state index >= 15 is 0 Å². The minimum absolute atomic E-state index is 0.194. The number of aliphatic hydroxyl groups is 1. The van der Waals surface area contributed by atoms with Gasteiger partial charge in [0.2, 0.25) is 5.60 Å². The van der Waals surface area contributed by atoms with Crippen molar-refractivity contribution in [3.63, 3.8) is 0 Å². The number of hydrogen-bond acceptors (Lipinski definition) is 1. The van der Waals surface area contributed by atoms with Gasteiger partial charge in [0.15, 0.2) is 0 Å². The zero-order chi connectivity index (χ0) is 15.0. The molecule has 0 spiro atoms. The van der Waals surface area contributed by atoms with E-state index in [0.29, 0.717) is 4.47 Å². The fourth-order valence-corrected chi connectivity index (χ4v) is 2.91. The third-order valence-electron chi connectivity index (χ3n) is 2.92. The van der Waals surface area contributed by atoms with Crippen LogP contribution in [0.5, 0.6) is 0 Å². The number of alkyl halides is 3. The molecule has 0 aliphatic rings. The average molecular weight is 410 g/mol. The Morgan fingerprint density at radius 2 is 1.55 bits per heavy atom. The Morgan fingerprint density at radius 3 is 2.10 bits per heavy atom. The van der Waals surface area contributed by atoms with Crippen LogP contribution in [0.25, 0.3) is 0 Å². The van der Waals surface area contributed by atoms with Crippen molar-refractivity contribution in [2.75, 3.05) is 0 Å². The van der Waals surface area contributed by atoms with Crippen molar-refractivity contribution >= 4 is 31.9 Å². The van der Waals surface area contributed by atoms with E-state index < -0.39 is 11.8 Å². The van der Waals surface area contributed by atoms with E-state index in [0.717, 1.165) is 0 Å². The Balaban J connectivity index is 2.74. The van der Waals surface area contributed by atoms with Crippen LogP contribution < -0.4 is 0 Å². The minimum atomic E-state index is -4.85. The van der Waals surface area contributed by atoms with Crippen LogP contribution in [-0.2, 0) is 5.60 Å². The van der Waals surface area contributed by atoms with E-state index in [1.54, 1.807) is 12.1 Å². The number of hydrogen-bond donors (Lipinski definition) is 1. The molecule has 1 nitrogen and oxygen atoms in total. The molecule has 20 heavy (non-hydrogen) atoms. The van der Waals surface area contributed by atoms with Crippen molar-refractivity contribution in [1.82, 2.24) is 0 Å². The summed E-state index contributed by atoms with van der Waals surface area (Å²) < 4.78 is 41.2. The number of halogens is 5. The summed E-state index contributed by atoms with van der Waals surface area (Å²) in [5.41, 5.74) is -3.56. The third-order valence-corrected chi connectivity index (χ3v) is 4.10. The minimum Gasteiger partial charge on any atom is -0.372 e. The second kappa shape index (κ2) is 5.50. The van der Waals surface area contributed by atoms with Gasteiger partial charge in [0, 0.05) is 14.5 Å². The molecule has 106 valence electrons. The molecule has 2 rings (SSSR count). The fourth-order valence-electron chi connectivity index (χ4n) is 1.94. The van der Waals surface area contributed by atoms with Gasteiger partial charge >= 0.3 is 6.18 Å². The summed E-state index contributed by atoms with van der Waals surface area (Å²) in [5, 5.41) is 10.4. The van der Waals surface area contributed by atoms with Crippen LogP contribution in [0.3, 0.4) is 0 Å². The molecule has 6 heteroatoms. The third kappa shape index (κ3) is 2.64. The van der Waals surface area contributed by atoms with Gasteiger partial charge in [-0.25, -0.2) is 0 Å². The number of benzene rings is 2. The van der Waals surface area contributed by atoms with Gasteiger partial charge in [-0.15, -0.1) is 0 Å². The SMILES string of the molecule is OC(c1cccc(Br)c1)(c1ccccc1Br)C(F)(F)F. The smallest absolute Gasteiger partial charge is 0.372 e. The maximum atomic E-state index is 13.5. The van der Waals surface area contributed by atoms with E-state index in [9.17, 15) is 18.3 Å². The lowest BCUT2D eigenvalue weighted by atomic mass is 9.86. The molecule has 2 aromatic carbocycles. The van der Waals surface area contributed by atoms with Crippen LogP contribution in [0.4, 0.5) is 13.2 Å². The van der Waals surface area contributed by atoms with Crippen LogP contribution in [0, 0.1) is 0 Å².